The molecule has 2 rings (SSSR count). The summed E-state index contributed by atoms with van der Waals surface area (Å²) in [7, 11) is 0. The number of ether oxygens (including phenoxy) is 1. The van der Waals surface area contributed by atoms with Gasteiger partial charge in [0.05, 0.1) is 11.1 Å². The van der Waals surface area contributed by atoms with E-state index in [0.717, 1.165) is 0 Å². The molecular weight excluding hydrogens is 319 g/mol. The number of carbonyl (C=O) groups is 1. The van der Waals surface area contributed by atoms with Crippen LogP contribution in [0.1, 0.15) is 29.0 Å². The van der Waals surface area contributed by atoms with Gasteiger partial charge in [0.15, 0.2) is 5.82 Å². The second-order valence-electron chi connectivity index (χ2n) is 3.66. The number of halogens is 2. The van der Waals surface area contributed by atoms with E-state index in [1.165, 1.54) is 6.07 Å². The fraction of sp³-hybridized carbons (Fsp3) is 0.250. The largest absolute Gasteiger partial charge is 0.459 e. The number of esters is 1. The molecule has 5 nitrogen and oxygen atoms in total. The summed E-state index contributed by atoms with van der Waals surface area (Å²) in [5.74, 6) is -0.936. The van der Waals surface area contributed by atoms with Crippen molar-refractivity contribution in [3.8, 4) is 0 Å². The van der Waals surface area contributed by atoms with Gasteiger partial charge in [-0.05, 0) is 40.5 Å². The van der Waals surface area contributed by atoms with Crippen LogP contribution < -0.4 is 0 Å². The van der Waals surface area contributed by atoms with Gasteiger partial charge in [0.2, 0.25) is 0 Å². The van der Waals surface area contributed by atoms with Crippen LogP contribution >= 0.6 is 15.9 Å². The van der Waals surface area contributed by atoms with Gasteiger partial charge in [-0.25, -0.2) is 9.18 Å². The minimum atomic E-state index is -0.664. The lowest BCUT2D eigenvalue weighted by Gasteiger charge is -1.98. The Labute approximate surface area is 116 Å². The van der Waals surface area contributed by atoms with Crippen LogP contribution in [0.4, 0.5) is 4.39 Å². The number of aromatic nitrogens is 2. The van der Waals surface area contributed by atoms with Gasteiger partial charge >= 0.3 is 11.9 Å². The molecular formula is C12H10BrFN2O3. The van der Waals surface area contributed by atoms with Gasteiger partial charge in [-0.1, -0.05) is 11.2 Å². The molecule has 0 aliphatic rings. The average Bonchev–Trinajstić information content (AvgIpc) is 2.83. The fourth-order valence-electron chi connectivity index (χ4n) is 1.43. The van der Waals surface area contributed by atoms with Gasteiger partial charge in [-0.3, -0.25) is 0 Å². The predicted molar refractivity (Wildman–Crippen MR) is 67.2 cm³/mol. The number of nitrogens with zero attached hydrogens (tertiary/aromatic N) is 2. The summed E-state index contributed by atoms with van der Waals surface area (Å²) in [5.41, 5.74) is 0.678. The molecule has 0 saturated carbocycles. The molecule has 0 spiro atoms. The van der Waals surface area contributed by atoms with Crippen molar-refractivity contribution in [1.29, 1.82) is 0 Å². The van der Waals surface area contributed by atoms with Crippen LogP contribution in [0.3, 0.4) is 0 Å². The first kappa shape index (κ1) is 13.7. The Morgan fingerprint density at radius 3 is 3.00 bits per heavy atom. The van der Waals surface area contributed by atoms with Crippen LogP contribution in [0.25, 0.3) is 0 Å². The van der Waals surface area contributed by atoms with E-state index in [9.17, 15) is 9.18 Å². The molecule has 0 bridgehead atoms. The lowest BCUT2D eigenvalue weighted by atomic mass is 10.1. The second kappa shape index (κ2) is 5.92. The summed E-state index contributed by atoms with van der Waals surface area (Å²) in [6.45, 7) is 1.91. The monoisotopic (exact) mass is 328 g/mol. The topological polar surface area (TPSA) is 65.2 Å². The van der Waals surface area contributed by atoms with Crippen molar-refractivity contribution in [3.05, 3.63) is 45.8 Å². The van der Waals surface area contributed by atoms with E-state index < -0.39 is 5.97 Å². The first-order valence-corrected chi connectivity index (χ1v) is 6.33. The second-order valence-corrected chi connectivity index (χ2v) is 4.52. The van der Waals surface area contributed by atoms with Gasteiger partial charge < -0.3 is 9.26 Å². The summed E-state index contributed by atoms with van der Waals surface area (Å²) in [6, 6.07) is 4.69. The molecule has 7 heteroatoms. The van der Waals surface area contributed by atoms with Crippen LogP contribution in [0.2, 0.25) is 0 Å². The van der Waals surface area contributed by atoms with Crippen LogP contribution in [0.15, 0.2) is 27.2 Å². The zero-order chi connectivity index (χ0) is 13.8. The highest BCUT2D eigenvalue weighted by atomic mass is 79.9. The minimum Gasteiger partial charge on any atom is -0.459 e. The average molecular weight is 329 g/mol. The summed E-state index contributed by atoms with van der Waals surface area (Å²) >= 11 is 3.07. The molecule has 0 atom stereocenters. The lowest BCUT2D eigenvalue weighted by Crippen LogP contribution is -2.05. The molecule has 0 aliphatic heterocycles. The van der Waals surface area contributed by atoms with Gasteiger partial charge in [-0.2, -0.15) is 4.98 Å². The molecule has 19 heavy (non-hydrogen) atoms. The summed E-state index contributed by atoms with van der Waals surface area (Å²) in [5, 5.41) is 3.65. The zero-order valence-corrected chi connectivity index (χ0v) is 11.6. The normalized spacial score (nSPS) is 10.5. The SMILES string of the molecule is CCOC(=O)c1nc(Cc2ccc(Br)c(F)c2)no1. The molecule has 1 aromatic carbocycles. The summed E-state index contributed by atoms with van der Waals surface area (Å²) < 4.78 is 23.2. The number of hydrogen-bond donors (Lipinski definition) is 0. The molecule has 0 fully saturated rings. The maximum Gasteiger partial charge on any atom is 0.397 e. The van der Waals surface area contributed by atoms with E-state index >= 15 is 0 Å². The molecule has 0 aliphatic carbocycles. The van der Waals surface area contributed by atoms with Crippen molar-refractivity contribution in [1.82, 2.24) is 10.1 Å². The van der Waals surface area contributed by atoms with Gasteiger partial charge in [-0.15, -0.1) is 0 Å². The third kappa shape index (κ3) is 3.37. The van der Waals surface area contributed by atoms with Crippen molar-refractivity contribution < 1.29 is 18.4 Å². The van der Waals surface area contributed by atoms with Crippen molar-refractivity contribution in [3.63, 3.8) is 0 Å². The van der Waals surface area contributed by atoms with Crippen molar-refractivity contribution in [2.24, 2.45) is 0 Å². The highest BCUT2D eigenvalue weighted by molar-refractivity contribution is 9.10. The third-order valence-corrected chi connectivity index (χ3v) is 2.91. The first-order chi connectivity index (χ1) is 9.10. The van der Waals surface area contributed by atoms with Crippen LogP contribution in [-0.2, 0) is 11.2 Å². The van der Waals surface area contributed by atoms with E-state index in [0.29, 0.717) is 15.9 Å². The van der Waals surface area contributed by atoms with Crippen LogP contribution in [-0.4, -0.2) is 22.7 Å². The maximum atomic E-state index is 13.3. The molecule has 0 radical (unpaired) electrons. The summed E-state index contributed by atoms with van der Waals surface area (Å²) in [4.78, 5) is 15.2. The predicted octanol–water partition coefficient (Wildman–Crippen LogP) is 2.74. The fourth-order valence-corrected chi connectivity index (χ4v) is 1.68. The van der Waals surface area contributed by atoms with E-state index in [-0.39, 0.29) is 24.7 Å². The molecule has 0 amide bonds. The molecule has 2 aromatic rings. The Kier molecular flexibility index (Phi) is 4.26. The lowest BCUT2D eigenvalue weighted by molar-refractivity contribution is 0.0470. The van der Waals surface area contributed by atoms with E-state index in [4.69, 9.17) is 9.26 Å². The highest BCUT2D eigenvalue weighted by Gasteiger charge is 2.16. The van der Waals surface area contributed by atoms with Gasteiger partial charge in [0.1, 0.15) is 5.82 Å². The third-order valence-electron chi connectivity index (χ3n) is 2.26. The van der Waals surface area contributed by atoms with Crippen LogP contribution in [0, 0.1) is 5.82 Å². The number of hydrogen-bond acceptors (Lipinski definition) is 5. The zero-order valence-electron chi connectivity index (χ0n) is 10.0. The molecule has 100 valence electrons. The van der Waals surface area contributed by atoms with Crippen molar-refractivity contribution in [2.75, 3.05) is 6.61 Å². The molecule has 0 saturated heterocycles. The highest BCUT2D eigenvalue weighted by Crippen LogP contribution is 2.17. The van der Waals surface area contributed by atoms with E-state index in [1.807, 2.05) is 0 Å². The first-order valence-electron chi connectivity index (χ1n) is 5.53. The number of benzene rings is 1. The Balaban J connectivity index is 2.11. The Morgan fingerprint density at radius 1 is 1.53 bits per heavy atom. The summed E-state index contributed by atoms with van der Waals surface area (Å²) in [6.07, 6.45) is 0.271. The maximum absolute atomic E-state index is 13.3. The van der Waals surface area contributed by atoms with Gasteiger partial charge in [0.25, 0.3) is 0 Å². The Morgan fingerprint density at radius 2 is 2.32 bits per heavy atom. The molecule has 1 heterocycles. The van der Waals surface area contributed by atoms with Crippen molar-refractivity contribution in [2.45, 2.75) is 13.3 Å². The molecule has 0 unspecified atom stereocenters. The Hall–Kier alpha value is -1.76. The standard InChI is InChI=1S/C12H10BrFN2O3/c1-2-18-12(17)11-15-10(16-19-11)6-7-3-4-8(13)9(14)5-7/h3-5H,2,6H2,1H3. The van der Waals surface area contributed by atoms with Crippen LogP contribution in [0.5, 0.6) is 0 Å². The molecule has 0 N–H and O–H groups in total. The minimum absolute atomic E-state index is 0.200. The molecule has 1 aromatic heterocycles. The Bertz CT molecular complexity index is 600. The van der Waals surface area contributed by atoms with E-state index in [1.54, 1.807) is 19.1 Å². The quantitative estimate of drug-likeness (QED) is 0.807. The smallest absolute Gasteiger partial charge is 0.397 e. The van der Waals surface area contributed by atoms with Gasteiger partial charge in [0, 0.05) is 6.42 Å². The van der Waals surface area contributed by atoms with Crippen molar-refractivity contribution >= 4 is 21.9 Å². The number of carbonyl (C=O) groups excluding carboxylic acids is 1. The van der Waals surface area contributed by atoms with E-state index in [2.05, 4.69) is 26.1 Å². The number of rotatable bonds is 4.